The van der Waals surface area contributed by atoms with E-state index in [1.165, 1.54) is 12.1 Å². The van der Waals surface area contributed by atoms with Gasteiger partial charge in [-0.2, -0.15) is 0 Å². The molecular formula is C29H26FN3O2. The lowest BCUT2D eigenvalue weighted by atomic mass is 10.0. The van der Waals surface area contributed by atoms with Gasteiger partial charge in [-0.25, -0.2) is 9.37 Å². The van der Waals surface area contributed by atoms with E-state index in [0.717, 1.165) is 39.1 Å². The highest BCUT2D eigenvalue weighted by Crippen LogP contribution is 2.30. The van der Waals surface area contributed by atoms with Crippen molar-refractivity contribution in [3.8, 4) is 0 Å². The van der Waals surface area contributed by atoms with E-state index < -0.39 is 6.04 Å². The summed E-state index contributed by atoms with van der Waals surface area (Å²) in [6.07, 6.45) is 2.05. The van der Waals surface area contributed by atoms with Gasteiger partial charge in [-0.05, 0) is 72.5 Å². The fourth-order valence-corrected chi connectivity index (χ4v) is 4.33. The number of aryl methyl sites for hydroxylation is 2. The zero-order valence-electron chi connectivity index (χ0n) is 19.7. The summed E-state index contributed by atoms with van der Waals surface area (Å²) in [6, 6.07) is 23.2. The zero-order valence-corrected chi connectivity index (χ0v) is 19.7. The maximum Gasteiger partial charge on any atom is 0.248 e. The van der Waals surface area contributed by atoms with Gasteiger partial charge in [-0.15, -0.1) is 0 Å². The molecule has 0 aliphatic carbocycles. The number of nitrogens with one attached hydrogen (secondary N) is 1. The summed E-state index contributed by atoms with van der Waals surface area (Å²) in [6.45, 7) is 4.39. The fraction of sp³-hybridized carbons (Fsp3) is 0.172. The number of furan rings is 1. The van der Waals surface area contributed by atoms with Gasteiger partial charge < -0.3 is 14.3 Å². The summed E-state index contributed by atoms with van der Waals surface area (Å²) in [7, 11) is 0. The van der Waals surface area contributed by atoms with E-state index in [9.17, 15) is 9.18 Å². The second kappa shape index (κ2) is 9.58. The number of amides is 1. The minimum absolute atomic E-state index is 0.162. The van der Waals surface area contributed by atoms with Crippen LogP contribution in [-0.2, 0) is 17.8 Å². The van der Waals surface area contributed by atoms with Crippen LogP contribution in [0.2, 0.25) is 0 Å². The van der Waals surface area contributed by atoms with E-state index in [-0.39, 0.29) is 18.3 Å². The normalized spacial score (nSPS) is 12.1. The molecule has 0 radical (unpaired) electrons. The molecule has 2 aromatic heterocycles. The third-order valence-corrected chi connectivity index (χ3v) is 6.29. The van der Waals surface area contributed by atoms with Crippen molar-refractivity contribution < 1.29 is 13.6 Å². The molecule has 176 valence electrons. The Morgan fingerprint density at radius 3 is 2.46 bits per heavy atom. The number of halogens is 1. The van der Waals surface area contributed by atoms with Gasteiger partial charge in [0.25, 0.3) is 0 Å². The van der Waals surface area contributed by atoms with E-state index in [2.05, 4.69) is 31.3 Å². The lowest BCUT2D eigenvalue weighted by Crippen LogP contribution is -2.33. The smallest absolute Gasteiger partial charge is 0.248 e. The Labute approximate surface area is 203 Å². The Balaban J connectivity index is 1.65. The summed E-state index contributed by atoms with van der Waals surface area (Å²) in [4.78, 5) is 18.7. The lowest BCUT2D eigenvalue weighted by Gasteiger charge is -2.22. The van der Waals surface area contributed by atoms with Gasteiger partial charge in [0, 0.05) is 6.42 Å². The van der Waals surface area contributed by atoms with Crippen LogP contribution < -0.4 is 5.32 Å². The van der Waals surface area contributed by atoms with Crippen LogP contribution in [0.1, 0.15) is 39.9 Å². The highest BCUT2D eigenvalue weighted by atomic mass is 19.1. The molecule has 1 atom stereocenters. The molecule has 5 rings (SSSR count). The minimum Gasteiger partial charge on any atom is -0.467 e. The van der Waals surface area contributed by atoms with Crippen LogP contribution >= 0.6 is 0 Å². The summed E-state index contributed by atoms with van der Waals surface area (Å²) in [5, 5.41) is 3.03. The number of benzene rings is 3. The number of carbonyl (C=O) groups is 1. The number of fused-ring (bicyclic) bond motifs is 1. The first kappa shape index (κ1) is 22.6. The standard InChI is InChI=1S/C29H26FN3O2/c1-19-15-25-26(16-20(19)2)33(27(32-25)17-21-10-12-23(30)13-11-21)28(22-7-4-3-5-8-22)29(34)31-18-24-9-6-14-35-24/h3-16,28H,17-18H2,1-2H3,(H,31,34)/t28-/m1/s1. The van der Waals surface area contributed by atoms with Crippen LogP contribution in [0.5, 0.6) is 0 Å². The first-order chi connectivity index (χ1) is 17.0. The Hall–Kier alpha value is -4.19. The summed E-state index contributed by atoms with van der Waals surface area (Å²) >= 11 is 0. The number of hydrogen-bond donors (Lipinski definition) is 1. The molecule has 6 heteroatoms. The molecule has 0 fully saturated rings. The van der Waals surface area contributed by atoms with E-state index in [4.69, 9.17) is 9.40 Å². The average Bonchev–Trinajstić information content (AvgIpc) is 3.49. The van der Waals surface area contributed by atoms with E-state index in [1.807, 2.05) is 41.0 Å². The van der Waals surface area contributed by atoms with Gasteiger partial charge in [-0.1, -0.05) is 42.5 Å². The summed E-state index contributed by atoms with van der Waals surface area (Å²) in [5.41, 5.74) is 5.72. The Morgan fingerprint density at radius 1 is 1.00 bits per heavy atom. The van der Waals surface area contributed by atoms with Gasteiger partial charge >= 0.3 is 0 Å². The monoisotopic (exact) mass is 467 g/mol. The number of rotatable bonds is 7. The molecule has 0 saturated carbocycles. The molecule has 3 aromatic carbocycles. The van der Waals surface area contributed by atoms with Crippen molar-refractivity contribution in [2.24, 2.45) is 0 Å². The quantitative estimate of drug-likeness (QED) is 0.325. The second-order valence-corrected chi connectivity index (χ2v) is 8.74. The van der Waals surface area contributed by atoms with E-state index in [0.29, 0.717) is 12.2 Å². The van der Waals surface area contributed by atoms with Crippen molar-refractivity contribution in [2.45, 2.75) is 32.9 Å². The van der Waals surface area contributed by atoms with Crippen LogP contribution in [0.15, 0.2) is 89.5 Å². The molecule has 0 aliphatic heterocycles. The highest BCUT2D eigenvalue weighted by molar-refractivity contribution is 5.87. The molecule has 35 heavy (non-hydrogen) atoms. The van der Waals surface area contributed by atoms with Crippen LogP contribution in [-0.4, -0.2) is 15.5 Å². The number of hydrogen-bond acceptors (Lipinski definition) is 3. The first-order valence-electron chi connectivity index (χ1n) is 11.6. The van der Waals surface area contributed by atoms with Gasteiger partial charge in [0.1, 0.15) is 23.4 Å². The molecule has 1 N–H and O–H groups in total. The van der Waals surface area contributed by atoms with Gasteiger partial charge in [0.2, 0.25) is 5.91 Å². The third-order valence-electron chi connectivity index (χ3n) is 6.29. The van der Waals surface area contributed by atoms with Crippen LogP contribution in [0.4, 0.5) is 4.39 Å². The number of imidazole rings is 1. The lowest BCUT2D eigenvalue weighted by molar-refractivity contribution is -0.123. The van der Waals surface area contributed by atoms with E-state index >= 15 is 0 Å². The summed E-state index contributed by atoms with van der Waals surface area (Å²) in [5.74, 6) is 0.968. The predicted octanol–water partition coefficient (Wildman–Crippen LogP) is 5.88. The number of nitrogens with zero attached hydrogens (tertiary/aromatic N) is 2. The molecular weight excluding hydrogens is 441 g/mol. The van der Waals surface area contributed by atoms with Gasteiger partial charge in [0.15, 0.2) is 0 Å². The van der Waals surface area contributed by atoms with Crippen molar-refractivity contribution >= 4 is 16.9 Å². The first-order valence-corrected chi connectivity index (χ1v) is 11.6. The Bertz CT molecular complexity index is 1460. The zero-order chi connectivity index (χ0) is 24.4. The molecule has 0 aliphatic rings. The molecule has 5 aromatic rings. The molecule has 0 bridgehead atoms. The minimum atomic E-state index is -0.645. The second-order valence-electron chi connectivity index (χ2n) is 8.74. The molecule has 0 unspecified atom stereocenters. The van der Waals surface area contributed by atoms with Crippen molar-refractivity contribution in [3.05, 3.63) is 125 Å². The maximum atomic E-state index is 13.7. The van der Waals surface area contributed by atoms with Crippen molar-refractivity contribution in [1.82, 2.24) is 14.9 Å². The van der Waals surface area contributed by atoms with Crippen molar-refractivity contribution in [1.29, 1.82) is 0 Å². The third kappa shape index (κ3) is 4.73. The van der Waals surface area contributed by atoms with Gasteiger partial charge in [0.05, 0.1) is 23.8 Å². The molecule has 0 spiro atoms. The number of aromatic nitrogens is 2. The van der Waals surface area contributed by atoms with Crippen LogP contribution in [0, 0.1) is 19.7 Å². The predicted molar refractivity (Wildman–Crippen MR) is 134 cm³/mol. The van der Waals surface area contributed by atoms with Crippen LogP contribution in [0.3, 0.4) is 0 Å². The maximum absolute atomic E-state index is 13.7. The Morgan fingerprint density at radius 2 is 1.74 bits per heavy atom. The molecule has 2 heterocycles. The summed E-state index contributed by atoms with van der Waals surface area (Å²) < 4.78 is 21.0. The highest BCUT2D eigenvalue weighted by Gasteiger charge is 2.28. The fourth-order valence-electron chi connectivity index (χ4n) is 4.33. The molecule has 1 amide bonds. The molecule has 5 nitrogen and oxygen atoms in total. The van der Waals surface area contributed by atoms with Crippen molar-refractivity contribution in [3.63, 3.8) is 0 Å². The Kier molecular flexibility index (Phi) is 6.19. The largest absolute Gasteiger partial charge is 0.467 e. The topological polar surface area (TPSA) is 60.1 Å². The molecule has 0 saturated heterocycles. The van der Waals surface area contributed by atoms with Crippen molar-refractivity contribution in [2.75, 3.05) is 0 Å². The van der Waals surface area contributed by atoms with Crippen LogP contribution in [0.25, 0.3) is 11.0 Å². The van der Waals surface area contributed by atoms with E-state index in [1.54, 1.807) is 24.5 Å². The SMILES string of the molecule is Cc1cc2nc(Cc3ccc(F)cc3)n([C@@H](C(=O)NCc3ccco3)c3ccccc3)c2cc1C. The number of carbonyl (C=O) groups excluding carboxylic acids is 1. The average molecular weight is 468 g/mol. The van der Waals surface area contributed by atoms with Gasteiger partial charge in [-0.3, -0.25) is 4.79 Å².